The molecule has 2 nitrogen and oxygen atoms in total. The van der Waals surface area contributed by atoms with Gasteiger partial charge in [-0.25, -0.2) is 0 Å². The Balaban J connectivity index is 2.24. The second kappa shape index (κ2) is 3.52. The molecule has 0 bridgehead atoms. The number of aromatic nitrogens is 1. The molecule has 1 aliphatic carbocycles. The quantitative estimate of drug-likeness (QED) is 0.653. The van der Waals surface area contributed by atoms with Crippen molar-refractivity contribution in [2.45, 2.75) is 18.9 Å². The minimum absolute atomic E-state index is 0.680. The summed E-state index contributed by atoms with van der Waals surface area (Å²) in [5.41, 5.74) is 2.64. The van der Waals surface area contributed by atoms with Crippen LogP contribution >= 0.6 is 0 Å². The lowest BCUT2D eigenvalue weighted by molar-refractivity contribution is 0.420. The van der Waals surface area contributed by atoms with Crippen LogP contribution in [0.15, 0.2) is 42.5 Å². The van der Waals surface area contributed by atoms with Gasteiger partial charge in [0.1, 0.15) is 5.75 Å². The topological polar surface area (TPSA) is 14.2 Å². The Morgan fingerprint density at radius 2 is 1.78 bits per heavy atom. The van der Waals surface area contributed by atoms with E-state index in [0.717, 1.165) is 5.75 Å². The van der Waals surface area contributed by atoms with E-state index in [1.165, 1.54) is 34.6 Å². The normalized spacial score (nSPS) is 15.4. The fourth-order valence-corrected chi connectivity index (χ4v) is 2.91. The Labute approximate surface area is 106 Å². The number of ether oxygens (including phenoxy) is 1. The molecular formula is C16H15NO. The number of nitrogens with zero attached hydrogens (tertiary/aromatic N) is 1. The van der Waals surface area contributed by atoms with Crippen molar-refractivity contribution in [1.82, 2.24) is 4.57 Å². The Hall–Kier alpha value is -1.96. The first-order valence-corrected chi connectivity index (χ1v) is 6.46. The maximum absolute atomic E-state index is 5.54. The van der Waals surface area contributed by atoms with Gasteiger partial charge < -0.3 is 9.30 Å². The van der Waals surface area contributed by atoms with E-state index in [1.807, 2.05) is 6.07 Å². The molecule has 18 heavy (non-hydrogen) atoms. The van der Waals surface area contributed by atoms with E-state index in [9.17, 15) is 0 Å². The van der Waals surface area contributed by atoms with E-state index in [1.54, 1.807) is 7.11 Å². The second-order valence-corrected chi connectivity index (χ2v) is 4.97. The number of hydrogen-bond acceptors (Lipinski definition) is 1. The van der Waals surface area contributed by atoms with Gasteiger partial charge in [-0.3, -0.25) is 0 Å². The molecule has 0 radical (unpaired) electrons. The van der Waals surface area contributed by atoms with E-state index >= 15 is 0 Å². The Bertz CT molecular complexity index is 737. The van der Waals surface area contributed by atoms with E-state index in [-0.39, 0.29) is 0 Å². The van der Waals surface area contributed by atoms with Gasteiger partial charge in [-0.05, 0) is 31.0 Å². The van der Waals surface area contributed by atoms with Gasteiger partial charge in [0.05, 0.1) is 12.6 Å². The fraction of sp³-hybridized carbons (Fsp3) is 0.250. The molecule has 4 rings (SSSR count). The number of para-hydroxylation sites is 1. The monoisotopic (exact) mass is 237 g/mol. The zero-order chi connectivity index (χ0) is 12.1. The summed E-state index contributed by atoms with van der Waals surface area (Å²) in [6, 6.07) is 15.6. The highest BCUT2D eigenvalue weighted by Crippen LogP contribution is 2.44. The first-order valence-electron chi connectivity index (χ1n) is 6.46. The zero-order valence-electron chi connectivity index (χ0n) is 10.4. The molecule has 1 aliphatic rings. The molecule has 2 heteroatoms. The van der Waals surface area contributed by atoms with Crippen molar-refractivity contribution in [2.24, 2.45) is 0 Å². The lowest BCUT2D eigenvalue weighted by Gasteiger charge is -2.05. The molecule has 90 valence electrons. The first kappa shape index (κ1) is 10.0. The minimum Gasteiger partial charge on any atom is -0.496 e. The van der Waals surface area contributed by atoms with E-state index in [2.05, 4.69) is 41.0 Å². The SMILES string of the molecule is COc1cccc2c1c1ccccc1n2C1CC1. The van der Waals surface area contributed by atoms with Crippen LogP contribution in [-0.2, 0) is 0 Å². The molecule has 2 aromatic carbocycles. The lowest BCUT2D eigenvalue weighted by Crippen LogP contribution is -1.92. The number of methoxy groups -OCH3 is 1. The summed E-state index contributed by atoms with van der Waals surface area (Å²) >= 11 is 0. The van der Waals surface area contributed by atoms with Crippen molar-refractivity contribution in [3.05, 3.63) is 42.5 Å². The van der Waals surface area contributed by atoms with Crippen molar-refractivity contribution in [2.75, 3.05) is 7.11 Å². The molecule has 0 spiro atoms. The van der Waals surface area contributed by atoms with Crippen LogP contribution in [0.2, 0.25) is 0 Å². The minimum atomic E-state index is 0.680. The van der Waals surface area contributed by atoms with Crippen LogP contribution in [-0.4, -0.2) is 11.7 Å². The third kappa shape index (κ3) is 1.23. The number of rotatable bonds is 2. The van der Waals surface area contributed by atoms with Gasteiger partial charge in [0.15, 0.2) is 0 Å². The molecule has 0 N–H and O–H groups in total. The maximum Gasteiger partial charge on any atom is 0.128 e. The summed E-state index contributed by atoms with van der Waals surface area (Å²) in [6.07, 6.45) is 2.59. The zero-order valence-corrected chi connectivity index (χ0v) is 10.4. The van der Waals surface area contributed by atoms with Crippen molar-refractivity contribution >= 4 is 21.8 Å². The Morgan fingerprint density at radius 1 is 1.00 bits per heavy atom. The largest absolute Gasteiger partial charge is 0.496 e. The third-order valence-corrected chi connectivity index (χ3v) is 3.83. The molecule has 0 amide bonds. The molecule has 1 heterocycles. The smallest absolute Gasteiger partial charge is 0.128 e. The molecule has 0 unspecified atom stereocenters. The first-order chi connectivity index (χ1) is 8.90. The van der Waals surface area contributed by atoms with Gasteiger partial charge in [-0.2, -0.15) is 0 Å². The van der Waals surface area contributed by atoms with Crippen LogP contribution in [0.3, 0.4) is 0 Å². The van der Waals surface area contributed by atoms with Crippen LogP contribution in [0, 0.1) is 0 Å². The van der Waals surface area contributed by atoms with Crippen LogP contribution in [0.1, 0.15) is 18.9 Å². The highest BCUT2D eigenvalue weighted by molar-refractivity contribution is 6.11. The molecule has 0 saturated heterocycles. The summed E-state index contributed by atoms with van der Waals surface area (Å²) < 4.78 is 8.02. The molecule has 1 aromatic heterocycles. The van der Waals surface area contributed by atoms with Gasteiger partial charge in [0, 0.05) is 22.3 Å². The lowest BCUT2D eigenvalue weighted by atomic mass is 10.1. The van der Waals surface area contributed by atoms with Crippen LogP contribution in [0.5, 0.6) is 5.75 Å². The predicted octanol–water partition coefficient (Wildman–Crippen LogP) is 4.14. The molecule has 3 aromatic rings. The maximum atomic E-state index is 5.54. The van der Waals surface area contributed by atoms with Crippen LogP contribution in [0.25, 0.3) is 21.8 Å². The third-order valence-electron chi connectivity index (χ3n) is 3.83. The molecule has 1 saturated carbocycles. The van der Waals surface area contributed by atoms with Gasteiger partial charge in [-0.1, -0.05) is 24.3 Å². The van der Waals surface area contributed by atoms with Gasteiger partial charge >= 0.3 is 0 Å². The molecule has 0 aliphatic heterocycles. The summed E-state index contributed by atoms with van der Waals surface area (Å²) in [5.74, 6) is 0.975. The standard InChI is InChI=1S/C16H15NO/c1-18-15-8-4-7-14-16(15)12-5-2-3-6-13(12)17(14)11-9-10-11/h2-8,11H,9-10H2,1H3. The average Bonchev–Trinajstić information content (AvgIpc) is 3.20. The summed E-state index contributed by atoms with van der Waals surface area (Å²) in [5, 5.41) is 2.55. The Kier molecular flexibility index (Phi) is 1.95. The molecule has 0 atom stereocenters. The van der Waals surface area contributed by atoms with Crippen LogP contribution < -0.4 is 4.74 Å². The van der Waals surface area contributed by atoms with Gasteiger partial charge in [0.25, 0.3) is 0 Å². The van der Waals surface area contributed by atoms with E-state index in [0.29, 0.717) is 6.04 Å². The van der Waals surface area contributed by atoms with Crippen molar-refractivity contribution in [3.63, 3.8) is 0 Å². The van der Waals surface area contributed by atoms with Crippen molar-refractivity contribution in [1.29, 1.82) is 0 Å². The van der Waals surface area contributed by atoms with Gasteiger partial charge in [-0.15, -0.1) is 0 Å². The summed E-state index contributed by atoms with van der Waals surface area (Å²) in [7, 11) is 1.75. The highest BCUT2D eigenvalue weighted by atomic mass is 16.5. The fourth-order valence-electron chi connectivity index (χ4n) is 2.91. The average molecular weight is 237 g/mol. The van der Waals surface area contributed by atoms with Gasteiger partial charge in [0.2, 0.25) is 0 Å². The van der Waals surface area contributed by atoms with E-state index < -0.39 is 0 Å². The van der Waals surface area contributed by atoms with Crippen LogP contribution in [0.4, 0.5) is 0 Å². The van der Waals surface area contributed by atoms with E-state index in [4.69, 9.17) is 4.74 Å². The summed E-state index contributed by atoms with van der Waals surface area (Å²) in [6.45, 7) is 0. The number of fused-ring (bicyclic) bond motifs is 3. The predicted molar refractivity (Wildman–Crippen MR) is 74.3 cm³/mol. The Morgan fingerprint density at radius 3 is 2.56 bits per heavy atom. The number of benzene rings is 2. The molecular weight excluding hydrogens is 222 g/mol. The summed E-state index contributed by atoms with van der Waals surface area (Å²) in [4.78, 5) is 0. The highest BCUT2D eigenvalue weighted by Gasteiger charge is 2.27. The van der Waals surface area contributed by atoms with Crippen molar-refractivity contribution in [3.8, 4) is 5.75 Å². The van der Waals surface area contributed by atoms with Crippen molar-refractivity contribution < 1.29 is 4.74 Å². The number of hydrogen-bond donors (Lipinski definition) is 0. The second-order valence-electron chi connectivity index (χ2n) is 4.97. The molecule has 1 fully saturated rings.